The van der Waals surface area contributed by atoms with E-state index in [4.69, 9.17) is 16.3 Å². The van der Waals surface area contributed by atoms with Crippen LogP contribution in [0.4, 0.5) is 4.39 Å². The SMILES string of the molecule is CCOC(=O)Cn1c(=NC(=O)c2cccc(Cl)c2)sc2cc(F)ccc21. The predicted molar refractivity (Wildman–Crippen MR) is 97.8 cm³/mol. The highest BCUT2D eigenvalue weighted by Crippen LogP contribution is 2.19. The zero-order valence-electron chi connectivity index (χ0n) is 13.7. The largest absolute Gasteiger partial charge is 0.465 e. The van der Waals surface area contributed by atoms with Crippen LogP contribution in [0.1, 0.15) is 17.3 Å². The van der Waals surface area contributed by atoms with Crippen molar-refractivity contribution in [1.29, 1.82) is 0 Å². The molecule has 1 heterocycles. The molecule has 3 rings (SSSR count). The maximum absolute atomic E-state index is 13.5. The van der Waals surface area contributed by atoms with Crippen LogP contribution in [0.3, 0.4) is 0 Å². The first-order valence-electron chi connectivity index (χ1n) is 7.77. The van der Waals surface area contributed by atoms with Crippen LogP contribution in [0.5, 0.6) is 0 Å². The normalized spacial score (nSPS) is 11.7. The summed E-state index contributed by atoms with van der Waals surface area (Å²) in [5.74, 6) is -1.37. The van der Waals surface area contributed by atoms with Crippen LogP contribution >= 0.6 is 22.9 Å². The number of halogens is 2. The van der Waals surface area contributed by atoms with Crippen LogP contribution in [0, 0.1) is 5.82 Å². The Bertz CT molecular complexity index is 1060. The third kappa shape index (κ3) is 4.00. The van der Waals surface area contributed by atoms with Gasteiger partial charge in [0, 0.05) is 10.6 Å². The van der Waals surface area contributed by atoms with Crippen LogP contribution in [-0.2, 0) is 16.1 Å². The molecule has 0 N–H and O–H groups in total. The molecule has 0 aliphatic rings. The summed E-state index contributed by atoms with van der Waals surface area (Å²) in [5.41, 5.74) is 0.922. The molecular formula is C18H14ClFN2O3S. The molecule has 0 fully saturated rings. The fourth-order valence-electron chi connectivity index (χ4n) is 2.39. The number of carbonyl (C=O) groups is 2. The molecule has 0 aliphatic carbocycles. The predicted octanol–water partition coefficient (Wildman–Crippen LogP) is 3.80. The molecule has 134 valence electrons. The number of amides is 1. The molecule has 0 aliphatic heterocycles. The van der Waals surface area contributed by atoms with E-state index < -0.39 is 17.7 Å². The van der Waals surface area contributed by atoms with Gasteiger partial charge in [0.2, 0.25) is 0 Å². The molecule has 2 aromatic carbocycles. The van der Waals surface area contributed by atoms with Gasteiger partial charge in [0.1, 0.15) is 12.4 Å². The summed E-state index contributed by atoms with van der Waals surface area (Å²) in [4.78, 5) is 28.8. The van der Waals surface area contributed by atoms with Gasteiger partial charge >= 0.3 is 5.97 Å². The lowest BCUT2D eigenvalue weighted by atomic mass is 10.2. The number of hydrogen-bond acceptors (Lipinski definition) is 4. The van der Waals surface area contributed by atoms with Crippen molar-refractivity contribution in [2.45, 2.75) is 13.5 Å². The average molecular weight is 393 g/mol. The second kappa shape index (κ2) is 7.80. The van der Waals surface area contributed by atoms with Gasteiger partial charge in [0.15, 0.2) is 4.80 Å². The molecule has 5 nitrogen and oxygen atoms in total. The topological polar surface area (TPSA) is 60.7 Å². The van der Waals surface area contributed by atoms with E-state index in [0.29, 0.717) is 20.8 Å². The third-order valence-corrected chi connectivity index (χ3v) is 4.78. The second-order valence-corrected chi connectivity index (χ2v) is 6.76. The first kappa shape index (κ1) is 18.3. The number of esters is 1. The maximum atomic E-state index is 13.5. The fraction of sp³-hybridized carbons (Fsp3) is 0.167. The second-order valence-electron chi connectivity index (χ2n) is 5.32. The van der Waals surface area contributed by atoms with Gasteiger partial charge in [-0.25, -0.2) is 4.39 Å². The Balaban J connectivity index is 2.11. The molecule has 1 aromatic heterocycles. The summed E-state index contributed by atoms with van der Waals surface area (Å²) in [5, 5.41) is 0.420. The third-order valence-electron chi connectivity index (χ3n) is 3.51. The average Bonchev–Trinajstić information content (AvgIpc) is 2.91. The highest BCUT2D eigenvalue weighted by Gasteiger charge is 2.13. The van der Waals surface area contributed by atoms with Gasteiger partial charge in [0.25, 0.3) is 5.91 Å². The van der Waals surface area contributed by atoms with E-state index in [1.54, 1.807) is 35.8 Å². The Kier molecular flexibility index (Phi) is 5.49. The standard InChI is InChI=1S/C18H14ClFN2O3S/c1-2-25-16(23)10-22-14-7-6-13(20)9-15(14)26-18(22)21-17(24)11-4-3-5-12(19)8-11/h3-9H,2,10H2,1H3. The number of benzene rings is 2. The van der Waals surface area contributed by atoms with Crippen LogP contribution in [0.25, 0.3) is 10.2 Å². The van der Waals surface area contributed by atoms with Gasteiger partial charge in [-0.3, -0.25) is 9.59 Å². The van der Waals surface area contributed by atoms with Gasteiger partial charge < -0.3 is 9.30 Å². The number of nitrogens with zero attached hydrogens (tertiary/aromatic N) is 2. The Morgan fingerprint density at radius 1 is 1.27 bits per heavy atom. The highest BCUT2D eigenvalue weighted by atomic mass is 35.5. The molecule has 0 spiro atoms. The van der Waals surface area contributed by atoms with E-state index in [1.165, 1.54) is 18.2 Å². The summed E-state index contributed by atoms with van der Waals surface area (Å²) in [7, 11) is 0. The van der Waals surface area contributed by atoms with Crippen molar-refractivity contribution in [1.82, 2.24) is 4.57 Å². The smallest absolute Gasteiger partial charge is 0.326 e. The summed E-state index contributed by atoms with van der Waals surface area (Å²) in [6, 6.07) is 10.6. The minimum absolute atomic E-state index is 0.124. The lowest BCUT2D eigenvalue weighted by molar-refractivity contribution is -0.143. The Morgan fingerprint density at radius 2 is 2.08 bits per heavy atom. The summed E-state index contributed by atoms with van der Waals surface area (Å²) in [6.07, 6.45) is 0. The van der Waals surface area contributed by atoms with E-state index in [1.807, 2.05) is 0 Å². The van der Waals surface area contributed by atoms with E-state index in [0.717, 1.165) is 11.3 Å². The van der Waals surface area contributed by atoms with Gasteiger partial charge in [-0.15, -0.1) is 0 Å². The van der Waals surface area contributed by atoms with E-state index in [2.05, 4.69) is 4.99 Å². The monoisotopic (exact) mass is 392 g/mol. The van der Waals surface area contributed by atoms with Crippen LogP contribution in [0.15, 0.2) is 47.5 Å². The molecule has 0 atom stereocenters. The van der Waals surface area contributed by atoms with Crippen molar-refractivity contribution in [2.75, 3.05) is 6.61 Å². The molecule has 0 bridgehead atoms. The van der Waals surface area contributed by atoms with E-state index in [9.17, 15) is 14.0 Å². The Hall–Kier alpha value is -2.51. The lowest BCUT2D eigenvalue weighted by Crippen LogP contribution is -2.23. The minimum atomic E-state index is -0.503. The highest BCUT2D eigenvalue weighted by molar-refractivity contribution is 7.16. The van der Waals surface area contributed by atoms with Gasteiger partial charge in [-0.2, -0.15) is 4.99 Å². The van der Waals surface area contributed by atoms with Gasteiger partial charge in [-0.05, 0) is 43.3 Å². The van der Waals surface area contributed by atoms with Crippen LogP contribution < -0.4 is 4.80 Å². The first-order valence-corrected chi connectivity index (χ1v) is 8.96. The molecule has 0 saturated heterocycles. The molecule has 0 unspecified atom stereocenters. The fourth-order valence-corrected chi connectivity index (χ4v) is 3.64. The number of aromatic nitrogens is 1. The number of hydrogen-bond donors (Lipinski definition) is 0. The number of rotatable bonds is 4. The number of thiazole rings is 1. The van der Waals surface area contributed by atoms with E-state index in [-0.39, 0.29) is 18.0 Å². The molecule has 26 heavy (non-hydrogen) atoms. The molecule has 8 heteroatoms. The Morgan fingerprint density at radius 3 is 2.81 bits per heavy atom. The van der Waals surface area contributed by atoms with Gasteiger partial charge in [0.05, 0.1) is 16.8 Å². The number of ether oxygens (including phenoxy) is 1. The van der Waals surface area contributed by atoms with E-state index >= 15 is 0 Å². The van der Waals surface area contributed by atoms with Crippen molar-refractivity contribution in [3.8, 4) is 0 Å². The van der Waals surface area contributed by atoms with Gasteiger partial charge in [-0.1, -0.05) is 29.0 Å². The first-order chi connectivity index (χ1) is 12.5. The molecule has 3 aromatic rings. The molecular weight excluding hydrogens is 379 g/mol. The minimum Gasteiger partial charge on any atom is -0.465 e. The van der Waals surface area contributed by atoms with Crippen molar-refractivity contribution in [3.05, 3.63) is 63.7 Å². The zero-order valence-corrected chi connectivity index (χ0v) is 15.3. The van der Waals surface area contributed by atoms with Crippen molar-refractivity contribution < 1.29 is 18.7 Å². The van der Waals surface area contributed by atoms with Crippen LogP contribution in [0.2, 0.25) is 5.02 Å². The molecule has 0 radical (unpaired) electrons. The van der Waals surface area contributed by atoms with Crippen molar-refractivity contribution in [3.63, 3.8) is 0 Å². The summed E-state index contributed by atoms with van der Waals surface area (Å²) >= 11 is 7.03. The maximum Gasteiger partial charge on any atom is 0.326 e. The van der Waals surface area contributed by atoms with Crippen LogP contribution in [-0.4, -0.2) is 23.1 Å². The lowest BCUT2D eigenvalue weighted by Gasteiger charge is -2.05. The van der Waals surface area contributed by atoms with Crippen molar-refractivity contribution >= 4 is 45.0 Å². The number of carbonyl (C=O) groups excluding carboxylic acids is 2. The Labute approximate surface area is 157 Å². The molecule has 1 amide bonds. The number of fused-ring (bicyclic) bond motifs is 1. The summed E-state index contributed by atoms with van der Waals surface area (Å²) in [6.45, 7) is 1.82. The zero-order chi connectivity index (χ0) is 18.7. The quantitative estimate of drug-likeness (QED) is 0.634. The van der Waals surface area contributed by atoms with Crippen molar-refractivity contribution in [2.24, 2.45) is 4.99 Å². The molecule has 0 saturated carbocycles. The summed E-state index contributed by atoms with van der Waals surface area (Å²) < 4.78 is 20.6.